The summed E-state index contributed by atoms with van der Waals surface area (Å²) in [6, 6.07) is 8.49. The Kier molecular flexibility index (Phi) is 2.17. The molecule has 0 saturated heterocycles. The number of rotatable bonds is 1. The first-order valence-electron chi connectivity index (χ1n) is 4.51. The first-order chi connectivity index (χ1) is 7.16. The number of pyridine rings is 1. The molecular weight excluding hydrogens is 190 g/mol. The van der Waals surface area contributed by atoms with Gasteiger partial charge in [-0.1, -0.05) is 0 Å². The largest absolute Gasteiger partial charge is 0.399 e. The summed E-state index contributed by atoms with van der Waals surface area (Å²) in [6.07, 6.45) is 1.58. The van der Waals surface area contributed by atoms with Crippen LogP contribution >= 0.6 is 0 Å². The van der Waals surface area contributed by atoms with Gasteiger partial charge in [-0.2, -0.15) is 0 Å². The molecule has 0 aliphatic carbocycles. The Hall–Kier alpha value is -2.23. The van der Waals surface area contributed by atoms with Crippen LogP contribution in [0.3, 0.4) is 0 Å². The van der Waals surface area contributed by atoms with Crippen LogP contribution in [0.25, 0.3) is 11.1 Å². The standard InChI is InChI=1S/C11H11N3O/c12-8-1-2-10(13)9(6-8)7-3-4-14-11(15)5-7/h1-6H,12-13H2,(H,14,15). The van der Waals surface area contributed by atoms with Crippen molar-refractivity contribution in [1.29, 1.82) is 0 Å². The molecule has 5 N–H and O–H groups in total. The molecule has 0 radical (unpaired) electrons. The Morgan fingerprint density at radius 1 is 1.07 bits per heavy atom. The van der Waals surface area contributed by atoms with Crippen LogP contribution in [-0.4, -0.2) is 4.98 Å². The zero-order chi connectivity index (χ0) is 10.8. The van der Waals surface area contributed by atoms with Gasteiger partial charge in [0.2, 0.25) is 5.56 Å². The Morgan fingerprint density at radius 3 is 2.60 bits per heavy atom. The predicted octanol–water partition coefficient (Wildman–Crippen LogP) is 1.21. The lowest BCUT2D eigenvalue weighted by molar-refractivity contribution is 1.24. The van der Waals surface area contributed by atoms with Crippen molar-refractivity contribution in [2.45, 2.75) is 0 Å². The smallest absolute Gasteiger partial charge is 0.248 e. The summed E-state index contributed by atoms with van der Waals surface area (Å²) in [6.45, 7) is 0. The number of benzene rings is 1. The summed E-state index contributed by atoms with van der Waals surface area (Å²) in [4.78, 5) is 13.7. The van der Waals surface area contributed by atoms with E-state index >= 15 is 0 Å². The highest BCUT2D eigenvalue weighted by molar-refractivity contribution is 5.78. The monoisotopic (exact) mass is 201 g/mol. The fourth-order valence-corrected chi connectivity index (χ4v) is 1.44. The summed E-state index contributed by atoms with van der Waals surface area (Å²) in [5, 5.41) is 0. The quantitative estimate of drug-likeness (QED) is 0.606. The van der Waals surface area contributed by atoms with Crippen molar-refractivity contribution in [3.8, 4) is 11.1 Å². The number of hydrogen-bond acceptors (Lipinski definition) is 3. The summed E-state index contributed by atoms with van der Waals surface area (Å²) in [5.74, 6) is 0. The van der Waals surface area contributed by atoms with Gasteiger partial charge in [-0.05, 0) is 29.8 Å². The first-order valence-corrected chi connectivity index (χ1v) is 4.51. The Bertz CT molecular complexity index is 546. The van der Waals surface area contributed by atoms with Crippen molar-refractivity contribution in [2.24, 2.45) is 0 Å². The van der Waals surface area contributed by atoms with E-state index in [4.69, 9.17) is 11.5 Å². The van der Waals surface area contributed by atoms with Crippen LogP contribution in [0.4, 0.5) is 11.4 Å². The molecule has 4 heteroatoms. The Balaban J connectivity index is 2.63. The third-order valence-electron chi connectivity index (χ3n) is 2.16. The zero-order valence-electron chi connectivity index (χ0n) is 8.03. The van der Waals surface area contributed by atoms with Crippen LogP contribution in [0, 0.1) is 0 Å². The topological polar surface area (TPSA) is 84.9 Å². The minimum Gasteiger partial charge on any atom is -0.399 e. The summed E-state index contributed by atoms with van der Waals surface area (Å²) < 4.78 is 0. The minimum absolute atomic E-state index is 0.158. The van der Waals surface area contributed by atoms with Crippen molar-refractivity contribution in [3.63, 3.8) is 0 Å². The molecule has 0 aliphatic rings. The number of hydrogen-bond donors (Lipinski definition) is 3. The van der Waals surface area contributed by atoms with E-state index < -0.39 is 0 Å². The van der Waals surface area contributed by atoms with Crippen molar-refractivity contribution < 1.29 is 0 Å². The normalized spacial score (nSPS) is 10.1. The SMILES string of the molecule is Nc1ccc(N)c(-c2cc[nH]c(=O)c2)c1. The molecule has 1 heterocycles. The molecule has 2 aromatic rings. The molecule has 0 spiro atoms. The second-order valence-electron chi connectivity index (χ2n) is 3.29. The molecule has 2 rings (SSSR count). The number of nitrogen functional groups attached to an aromatic ring is 2. The number of aromatic amines is 1. The maximum absolute atomic E-state index is 11.1. The number of nitrogens with one attached hydrogen (secondary N) is 1. The van der Waals surface area contributed by atoms with Crippen LogP contribution in [0.15, 0.2) is 41.3 Å². The van der Waals surface area contributed by atoms with Crippen LogP contribution < -0.4 is 17.0 Å². The van der Waals surface area contributed by atoms with Crippen LogP contribution in [0.1, 0.15) is 0 Å². The first kappa shape index (κ1) is 9.33. The van der Waals surface area contributed by atoms with Gasteiger partial charge in [0, 0.05) is 29.2 Å². The van der Waals surface area contributed by atoms with E-state index in [1.807, 2.05) is 0 Å². The van der Waals surface area contributed by atoms with E-state index in [-0.39, 0.29) is 5.56 Å². The molecule has 0 fully saturated rings. The molecule has 0 amide bonds. The van der Waals surface area contributed by atoms with Crippen molar-refractivity contribution in [3.05, 3.63) is 46.9 Å². The summed E-state index contributed by atoms with van der Waals surface area (Å²) in [7, 11) is 0. The number of aromatic nitrogens is 1. The zero-order valence-corrected chi connectivity index (χ0v) is 8.03. The maximum Gasteiger partial charge on any atom is 0.248 e. The third kappa shape index (κ3) is 1.83. The van der Waals surface area contributed by atoms with Crippen LogP contribution in [0.5, 0.6) is 0 Å². The molecule has 1 aromatic heterocycles. The third-order valence-corrected chi connectivity index (χ3v) is 2.16. The van der Waals surface area contributed by atoms with Crippen LogP contribution in [0.2, 0.25) is 0 Å². The number of H-pyrrole nitrogens is 1. The van der Waals surface area contributed by atoms with Crippen molar-refractivity contribution >= 4 is 11.4 Å². The molecular formula is C11H11N3O. The van der Waals surface area contributed by atoms with Gasteiger partial charge in [0.15, 0.2) is 0 Å². The van der Waals surface area contributed by atoms with E-state index in [0.717, 1.165) is 11.1 Å². The number of anilines is 2. The van der Waals surface area contributed by atoms with E-state index in [1.165, 1.54) is 6.07 Å². The molecule has 0 saturated carbocycles. The lowest BCUT2D eigenvalue weighted by Gasteiger charge is -2.05. The highest BCUT2D eigenvalue weighted by Gasteiger charge is 2.03. The van der Waals surface area contributed by atoms with Gasteiger partial charge < -0.3 is 16.5 Å². The average molecular weight is 201 g/mol. The lowest BCUT2D eigenvalue weighted by Crippen LogP contribution is -2.03. The van der Waals surface area contributed by atoms with E-state index in [2.05, 4.69) is 4.98 Å². The average Bonchev–Trinajstić information content (AvgIpc) is 2.22. The van der Waals surface area contributed by atoms with Gasteiger partial charge in [-0.3, -0.25) is 4.79 Å². The summed E-state index contributed by atoms with van der Waals surface area (Å²) >= 11 is 0. The molecule has 15 heavy (non-hydrogen) atoms. The Labute approximate surface area is 86.5 Å². The van der Waals surface area contributed by atoms with E-state index in [9.17, 15) is 4.79 Å². The Morgan fingerprint density at radius 2 is 1.87 bits per heavy atom. The molecule has 0 bridgehead atoms. The maximum atomic E-state index is 11.1. The van der Waals surface area contributed by atoms with E-state index in [1.54, 1.807) is 30.5 Å². The highest BCUT2D eigenvalue weighted by atomic mass is 16.1. The lowest BCUT2D eigenvalue weighted by atomic mass is 10.0. The van der Waals surface area contributed by atoms with Crippen LogP contribution in [-0.2, 0) is 0 Å². The predicted molar refractivity (Wildman–Crippen MR) is 61.3 cm³/mol. The minimum atomic E-state index is -0.158. The molecule has 4 nitrogen and oxygen atoms in total. The van der Waals surface area contributed by atoms with Crippen molar-refractivity contribution in [2.75, 3.05) is 11.5 Å². The van der Waals surface area contributed by atoms with Crippen molar-refractivity contribution in [1.82, 2.24) is 4.98 Å². The van der Waals surface area contributed by atoms with E-state index in [0.29, 0.717) is 11.4 Å². The van der Waals surface area contributed by atoms with Gasteiger partial charge in [-0.25, -0.2) is 0 Å². The van der Waals surface area contributed by atoms with Gasteiger partial charge in [0.1, 0.15) is 0 Å². The summed E-state index contributed by atoms with van der Waals surface area (Å²) in [5.41, 5.74) is 14.1. The fourth-order valence-electron chi connectivity index (χ4n) is 1.44. The van der Waals surface area contributed by atoms with Gasteiger partial charge in [0.25, 0.3) is 0 Å². The van der Waals surface area contributed by atoms with Gasteiger partial charge >= 0.3 is 0 Å². The highest BCUT2D eigenvalue weighted by Crippen LogP contribution is 2.26. The molecule has 0 unspecified atom stereocenters. The molecule has 0 atom stereocenters. The molecule has 0 aliphatic heterocycles. The molecule has 1 aromatic carbocycles. The van der Waals surface area contributed by atoms with Gasteiger partial charge in [0.05, 0.1) is 0 Å². The second kappa shape index (κ2) is 3.49. The second-order valence-corrected chi connectivity index (χ2v) is 3.29. The number of nitrogens with two attached hydrogens (primary N) is 2. The molecule has 76 valence electrons. The fraction of sp³-hybridized carbons (Fsp3) is 0. The van der Waals surface area contributed by atoms with Gasteiger partial charge in [-0.15, -0.1) is 0 Å².